The van der Waals surface area contributed by atoms with Crippen LogP contribution in [-0.2, 0) is 6.61 Å². The summed E-state index contributed by atoms with van der Waals surface area (Å²) in [5.74, 6) is 9.12. The molecule has 6 nitrogen and oxygen atoms in total. The monoisotopic (exact) mass is 384 g/mol. The van der Waals surface area contributed by atoms with Crippen LogP contribution in [0.15, 0.2) is 47.6 Å². The lowest BCUT2D eigenvalue weighted by atomic mass is 10.1. The van der Waals surface area contributed by atoms with Gasteiger partial charge >= 0.3 is 0 Å². The van der Waals surface area contributed by atoms with Gasteiger partial charge in [0.2, 0.25) is 5.16 Å². The number of benzene rings is 2. The zero-order chi connectivity index (χ0) is 19.2. The number of para-hydroxylation sites is 1. The standard InChI is InChI=1S/C20H24N4O2S/c1-14-8-9-18(16(3)12-14)26-13-19-22-23-20(24(19)21)27-11-10-25-17-7-5-4-6-15(17)2/h4-9,12H,10-11,13,21H2,1-3H3. The van der Waals surface area contributed by atoms with Crippen molar-refractivity contribution in [2.24, 2.45) is 0 Å². The van der Waals surface area contributed by atoms with Gasteiger partial charge in [0.25, 0.3) is 0 Å². The second kappa shape index (κ2) is 8.81. The number of nitrogen functional groups attached to an aromatic ring is 1. The van der Waals surface area contributed by atoms with E-state index in [1.807, 2.05) is 50.2 Å². The van der Waals surface area contributed by atoms with Gasteiger partial charge in [-0.25, -0.2) is 4.68 Å². The molecule has 0 saturated carbocycles. The van der Waals surface area contributed by atoms with Crippen molar-refractivity contribution in [1.29, 1.82) is 0 Å². The van der Waals surface area contributed by atoms with Crippen LogP contribution in [0.1, 0.15) is 22.5 Å². The van der Waals surface area contributed by atoms with Gasteiger partial charge in [-0.05, 0) is 44.0 Å². The molecule has 0 saturated heterocycles. The van der Waals surface area contributed by atoms with Crippen molar-refractivity contribution >= 4 is 11.8 Å². The van der Waals surface area contributed by atoms with E-state index in [4.69, 9.17) is 15.3 Å². The molecule has 3 rings (SSSR count). The smallest absolute Gasteiger partial charge is 0.210 e. The fraction of sp³-hybridized carbons (Fsp3) is 0.300. The van der Waals surface area contributed by atoms with Gasteiger partial charge < -0.3 is 15.3 Å². The van der Waals surface area contributed by atoms with E-state index < -0.39 is 0 Å². The van der Waals surface area contributed by atoms with Crippen molar-refractivity contribution in [2.75, 3.05) is 18.2 Å². The van der Waals surface area contributed by atoms with Gasteiger partial charge in [0.05, 0.1) is 6.61 Å². The SMILES string of the molecule is Cc1ccc(OCc2nnc(SCCOc3ccccc3C)n2N)c(C)c1. The Morgan fingerprint density at radius 3 is 2.52 bits per heavy atom. The van der Waals surface area contributed by atoms with Gasteiger partial charge in [-0.2, -0.15) is 0 Å². The molecule has 0 amide bonds. The molecule has 2 N–H and O–H groups in total. The van der Waals surface area contributed by atoms with E-state index in [0.717, 1.165) is 28.4 Å². The van der Waals surface area contributed by atoms with Crippen LogP contribution in [0, 0.1) is 20.8 Å². The van der Waals surface area contributed by atoms with Crippen molar-refractivity contribution in [2.45, 2.75) is 32.5 Å². The number of rotatable bonds is 8. The average molecular weight is 385 g/mol. The molecule has 142 valence electrons. The summed E-state index contributed by atoms with van der Waals surface area (Å²) < 4.78 is 13.1. The van der Waals surface area contributed by atoms with Gasteiger partial charge in [0.1, 0.15) is 18.1 Å². The summed E-state index contributed by atoms with van der Waals surface area (Å²) >= 11 is 1.50. The highest BCUT2D eigenvalue weighted by atomic mass is 32.2. The van der Waals surface area contributed by atoms with Crippen LogP contribution >= 0.6 is 11.8 Å². The van der Waals surface area contributed by atoms with Crippen molar-refractivity contribution in [3.63, 3.8) is 0 Å². The van der Waals surface area contributed by atoms with Crippen molar-refractivity contribution in [3.05, 3.63) is 65.0 Å². The van der Waals surface area contributed by atoms with Crippen molar-refractivity contribution < 1.29 is 9.47 Å². The molecule has 0 bridgehead atoms. The van der Waals surface area contributed by atoms with Crippen LogP contribution in [0.25, 0.3) is 0 Å². The Bertz CT molecular complexity index is 911. The average Bonchev–Trinajstić information content (AvgIpc) is 2.99. The Labute approximate surface area is 163 Å². The molecule has 2 aromatic carbocycles. The zero-order valence-electron chi connectivity index (χ0n) is 15.8. The van der Waals surface area contributed by atoms with E-state index in [0.29, 0.717) is 17.6 Å². The van der Waals surface area contributed by atoms with Gasteiger partial charge in [0, 0.05) is 5.75 Å². The van der Waals surface area contributed by atoms with Crippen LogP contribution in [0.2, 0.25) is 0 Å². The molecule has 1 aromatic heterocycles. The maximum absolute atomic E-state index is 6.10. The summed E-state index contributed by atoms with van der Waals surface area (Å²) in [6, 6.07) is 14.0. The van der Waals surface area contributed by atoms with E-state index in [2.05, 4.69) is 23.2 Å². The van der Waals surface area contributed by atoms with Gasteiger partial charge in [-0.15, -0.1) is 10.2 Å². The molecule has 0 atom stereocenters. The summed E-state index contributed by atoms with van der Waals surface area (Å²) in [6.07, 6.45) is 0. The van der Waals surface area contributed by atoms with Crippen LogP contribution in [0.5, 0.6) is 11.5 Å². The number of hydrogen-bond donors (Lipinski definition) is 1. The number of hydrogen-bond acceptors (Lipinski definition) is 6. The first-order chi connectivity index (χ1) is 13.0. The Kier molecular flexibility index (Phi) is 6.24. The number of aromatic nitrogens is 3. The second-order valence-electron chi connectivity index (χ2n) is 6.29. The third kappa shape index (κ3) is 4.95. The van der Waals surface area contributed by atoms with E-state index >= 15 is 0 Å². The minimum Gasteiger partial charge on any atom is -0.492 e. The van der Waals surface area contributed by atoms with E-state index in [-0.39, 0.29) is 6.61 Å². The Hall–Kier alpha value is -2.67. The number of aryl methyl sites for hydroxylation is 3. The van der Waals surface area contributed by atoms with Crippen molar-refractivity contribution in [1.82, 2.24) is 14.9 Å². The highest BCUT2D eigenvalue weighted by Gasteiger charge is 2.11. The molecule has 0 fully saturated rings. The lowest BCUT2D eigenvalue weighted by molar-refractivity contribution is 0.289. The fourth-order valence-electron chi connectivity index (χ4n) is 2.61. The molecule has 0 aliphatic rings. The topological polar surface area (TPSA) is 75.2 Å². The number of nitrogens with two attached hydrogens (primary N) is 1. The molecule has 0 aliphatic heterocycles. The highest BCUT2D eigenvalue weighted by molar-refractivity contribution is 7.99. The van der Waals surface area contributed by atoms with E-state index in [9.17, 15) is 0 Å². The first-order valence-corrected chi connectivity index (χ1v) is 9.74. The lowest BCUT2D eigenvalue weighted by Gasteiger charge is -2.10. The first-order valence-electron chi connectivity index (χ1n) is 8.75. The minimum atomic E-state index is 0.271. The predicted molar refractivity (Wildman–Crippen MR) is 108 cm³/mol. The Morgan fingerprint density at radius 2 is 1.74 bits per heavy atom. The van der Waals surface area contributed by atoms with Crippen LogP contribution in [-0.4, -0.2) is 27.2 Å². The quantitative estimate of drug-likeness (QED) is 0.363. The molecule has 0 spiro atoms. The Morgan fingerprint density at radius 1 is 0.963 bits per heavy atom. The van der Waals surface area contributed by atoms with Gasteiger partial charge in [-0.1, -0.05) is 47.7 Å². The molecule has 7 heteroatoms. The predicted octanol–water partition coefficient (Wildman–Crippen LogP) is 3.67. The minimum absolute atomic E-state index is 0.271. The summed E-state index contributed by atoms with van der Waals surface area (Å²) in [7, 11) is 0. The summed E-state index contributed by atoms with van der Waals surface area (Å²) in [5, 5.41) is 8.91. The first kappa shape index (κ1) is 19.1. The molecular formula is C20H24N4O2S. The van der Waals surface area contributed by atoms with E-state index in [1.165, 1.54) is 22.0 Å². The van der Waals surface area contributed by atoms with Crippen LogP contribution < -0.4 is 15.3 Å². The van der Waals surface area contributed by atoms with Crippen LogP contribution in [0.4, 0.5) is 0 Å². The molecule has 0 radical (unpaired) electrons. The summed E-state index contributed by atoms with van der Waals surface area (Å²) in [6.45, 7) is 6.94. The molecule has 0 unspecified atom stereocenters. The highest BCUT2D eigenvalue weighted by Crippen LogP contribution is 2.21. The maximum Gasteiger partial charge on any atom is 0.210 e. The third-order valence-corrected chi connectivity index (χ3v) is 5.00. The largest absolute Gasteiger partial charge is 0.492 e. The fourth-order valence-corrected chi connectivity index (χ4v) is 3.30. The number of ether oxygens (including phenoxy) is 2. The molecular weight excluding hydrogens is 360 g/mol. The van der Waals surface area contributed by atoms with Crippen LogP contribution in [0.3, 0.4) is 0 Å². The zero-order valence-corrected chi connectivity index (χ0v) is 16.6. The number of thioether (sulfide) groups is 1. The third-order valence-electron chi connectivity index (χ3n) is 4.09. The van der Waals surface area contributed by atoms with Crippen molar-refractivity contribution in [3.8, 4) is 11.5 Å². The van der Waals surface area contributed by atoms with E-state index in [1.54, 1.807) is 0 Å². The molecule has 27 heavy (non-hydrogen) atoms. The Balaban J connectivity index is 1.50. The molecule has 0 aliphatic carbocycles. The van der Waals surface area contributed by atoms with Gasteiger partial charge in [0.15, 0.2) is 5.82 Å². The molecule has 3 aromatic rings. The second-order valence-corrected chi connectivity index (χ2v) is 7.35. The lowest BCUT2D eigenvalue weighted by Crippen LogP contribution is -2.16. The summed E-state index contributed by atoms with van der Waals surface area (Å²) in [4.78, 5) is 0. The number of nitrogens with zero attached hydrogens (tertiary/aromatic N) is 3. The molecule has 1 heterocycles. The van der Waals surface area contributed by atoms with Gasteiger partial charge in [-0.3, -0.25) is 0 Å². The summed E-state index contributed by atoms with van der Waals surface area (Å²) in [5.41, 5.74) is 3.41. The normalized spacial score (nSPS) is 10.8. The maximum atomic E-state index is 6.10.